The lowest BCUT2D eigenvalue weighted by Crippen LogP contribution is -2.28. The Bertz CT molecular complexity index is 781. The van der Waals surface area contributed by atoms with E-state index in [4.69, 9.17) is 9.47 Å². The van der Waals surface area contributed by atoms with Crippen LogP contribution in [0.1, 0.15) is 42.3 Å². The van der Waals surface area contributed by atoms with Crippen LogP contribution in [0.2, 0.25) is 0 Å². The Labute approximate surface area is 154 Å². The van der Waals surface area contributed by atoms with Crippen LogP contribution in [0.3, 0.4) is 0 Å². The SMILES string of the molecule is Cc1ccc(NC(=O)c2ccc(OC(C)C(=O)OC(C)C)cc2)c(C)c1. The van der Waals surface area contributed by atoms with Crippen LogP contribution in [0, 0.1) is 13.8 Å². The lowest BCUT2D eigenvalue weighted by atomic mass is 10.1. The van der Waals surface area contributed by atoms with Gasteiger partial charge in [-0.15, -0.1) is 0 Å². The molecule has 138 valence electrons. The van der Waals surface area contributed by atoms with Crippen LogP contribution < -0.4 is 10.1 Å². The van der Waals surface area contributed by atoms with E-state index in [2.05, 4.69) is 5.32 Å². The van der Waals surface area contributed by atoms with Crippen LogP contribution in [-0.2, 0) is 9.53 Å². The zero-order chi connectivity index (χ0) is 19.3. The number of anilines is 1. The maximum Gasteiger partial charge on any atom is 0.347 e. The lowest BCUT2D eigenvalue weighted by molar-refractivity contribution is -0.154. The molecule has 0 aliphatic rings. The van der Waals surface area contributed by atoms with Gasteiger partial charge in [0, 0.05) is 11.3 Å². The molecule has 0 bridgehead atoms. The highest BCUT2D eigenvalue weighted by Gasteiger charge is 2.17. The highest BCUT2D eigenvalue weighted by Crippen LogP contribution is 2.19. The van der Waals surface area contributed by atoms with Crippen molar-refractivity contribution in [2.24, 2.45) is 0 Å². The molecule has 0 aliphatic carbocycles. The molecule has 0 radical (unpaired) electrons. The third-order valence-electron chi connectivity index (χ3n) is 3.74. The van der Waals surface area contributed by atoms with Gasteiger partial charge in [-0.3, -0.25) is 4.79 Å². The van der Waals surface area contributed by atoms with E-state index in [0.717, 1.165) is 16.8 Å². The van der Waals surface area contributed by atoms with Gasteiger partial charge in [-0.1, -0.05) is 17.7 Å². The molecule has 26 heavy (non-hydrogen) atoms. The van der Waals surface area contributed by atoms with Crippen molar-refractivity contribution in [2.45, 2.75) is 46.8 Å². The molecule has 0 fully saturated rings. The van der Waals surface area contributed by atoms with Gasteiger partial charge in [-0.25, -0.2) is 4.79 Å². The van der Waals surface area contributed by atoms with E-state index < -0.39 is 12.1 Å². The van der Waals surface area contributed by atoms with E-state index >= 15 is 0 Å². The first-order valence-electron chi connectivity index (χ1n) is 8.62. The zero-order valence-electron chi connectivity index (χ0n) is 15.8. The normalized spacial score (nSPS) is 11.8. The van der Waals surface area contributed by atoms with Crippen molar-refractivity contribution in [3.05, 3.63) is 59.2 Å². The molecule has 5 nitrogen and oxygen atoms in total. The Morgan fingerprint density at radius 3 is 2.19 bits per heavy atom. The summed E-state index contributed by atoms with van der Waals surface area (Å²) in [6.45, 7) is 9.17. The standard InChI is InChI=1S/C21H25NO4/c1-13(2)25-21(24)16(5)26-18-9-7-17(8-10-18)20(23)22-19-11-6-14(3)12-15(19)4/h6-13,16H,1-5H3,(H,22,23). The molecule has 0 saturated carbocycles. The average Bonchev–Trinajstić information content (AvgIpc) is 2.57. The molecular formula is C21H25NO4. The smallest absolute Gasteiger partial charge is 0.347 e. The van der Waals surface area contributed by atoms with Crippen LogP contribution in [0.5, 0.6) is 5.75 Å². The summed E-state index contributed by atoms with van der Waals surface area (Å²) in [5, 5.41) is 2.90. The summed E-state index contributed by atoms with van der Waals surface area (Å²) < 4.78 is 10.7. The Balaban J connectivity index is 2.00. The van der Waals surface area contributed by atoms with Gasteiger partial charge in [0.05, 0.1) is 6.10 Å². The second-order valence-corrected chi connectivity index (χ2v) is 6.54. The van der Waals surface area contributed by atoms with Gasteiger partial charge in [0.25, 0.3) is 5.91 Å². The number of esters is 1. The fourth-order valence-electron chi connectivity index (χ4n) is 2.41. The number of hydrogen-bond donors (Lipinski definition) is 1. The first kappa shape index (κ1) is 19.5. The minimum absolute atomic E-state index is 0.190. The molecule has 0 aromatic heterocycles. The van der Waals surface area contributed by atoms with Crippen molar-refractivity contribution in [1.29, 1.82) is 0 Å². The maximum atomic E-state index is 12.4. The number of amides is 1. The fraction of sp³-hybridized carbons (Fsp3) is 0.333. The van der Waals surface area contributed by atoms with Gasteiger partial charge in [-0.2, -0.15) is 0 Å². The van der Waals surface area contributed by atoms with Crippen LogP contribution in [-0.4, -0.2) is 24.1 Å². The second kappa shape index (κ2) is 8.52. The van der Waals surface area contributed by atoms with Gasteiger partial charge >= 0.3 is 5.97 Å². The van der Waals surface area contributed by atoms with Gasteiger partial charge in [0.15, 0.2) is 6.10 Å². The molecule has 2 rings (SSSR count). The Morgan fingerprint density at radius 2 is 1.62 bits per heavy atom. The van der Waals surface area contributed by atoms with Gasteiger partial charge in [0.2, 0.25) is 0 Å². The van der Waals surface area contributed by atoms with Crippen LogP contribution >= 0.6 is 0 Å². The highest BCUT2D eigenvalue weighted by atomic mass is 16.6. The Kier molecular flexibility index (Phi) is 6.39. The summed E-state index contributed by atoms with van der Waals surface area (Å²) in [5.41, 5.74) is 3.45. The highest BCUT2D eigenvalue weighted by molar-refractivity contribution is 6.04. The maximum absolute atomic E-state index is 12.4. The molecule has 1 unspecified atom stereocenters. The monoisotopic (exact) mass is 355 g/mol. The number of aryl methyl sites for hydroxylation is 2. The second-order valence-electron chi connectivity index (χ2n) is 6.54. The third-order valence-corrected chi connectivity index (χ3v) is 3.74. The predicted octanol–water partition coefficient (Wildman–Crippen LogP) is 4.27. The molecule has 0 spiro atoms. The molecule has 2 aromatic carbocycles. The molecule has 0 heterocycles. The molecule has 2 aromatic rings. The Morgan fingerprint density at radius 1 is 0.962 bits per heavy atom. The van der Waals surface area contributed by atoms with Crippen molar-refractivity contribution in [2.75, 3.05) is 5.32 Å². The predicted molar refractivity (Wildman–Crippen MR) is 102 cm³/mol. The molecule has 0 aliphatic heterocycles. The van der Waals surface area contributed by atoms with Gasteiger partial charge in [0.1, 0.15) is 5.75 Å². The summed E-state index contributed by atoms with van der Waals surface area (Å²) in [4.78, 5) is 24.2. The fourth-order valence-corrected chi connectivity index (χ4v) is 2.41. The molecule has 5 heteroatoms. The first-order valence-corrected chi connectivity index (χ1v) is 8.62. The number of rotatable bonds is 6. The first-order chi connectivity index (χ1) is 12.3. The Hall–Kier alpha value is -2.82. The summed E-state index contributed by atoms with van der Waals surface area (Å²) in [7, 11) is 0. The molecule has 1 atom stereocenters. The molecule has 1 N–H and O–H groups in total. The number of nitrogens with one attached hydrogen (secondary N) is 1. The summed E-state index contributed by atoms with van der Waals surface area (Å²) in [6, 6.07) is 12.5. The van der Waals surface area contributed by atoms with E-state index in [9.17, 15) is 9.59 Å². The number of carbonyl (C=O) groups excluding carboxylic acids is 2. The van der Waals surface area contributed by atoms with E-state index in [0.29, 0.717) is 11.3 Å². The average molecular weight is 355 g/mol. The molecule has 1 amide bonds. The lowest BCUT2D eigenvalue weighted by Gasteiger charge is -2.16. The minimum Gasteiger partial charge on any atom is -0.479 e. The third kappa shape index (κ3) is 5.34. The van der Waals surface area contributed by atoms with E-state index in [-0.39, 0.29) is 12.0 Å². The quantitative estimate of drug-likeness (QED) is 0.786. The van der Waals surface area contributed by atoms with Crippen LogP contribution in [0.4, 0.5) is 5.69 Å². The number of benzene rings is 2. The van der Waals surface area contributed by atoms with Crippen molar-refractivity contribution >= 4 is 17.6 Å². The van der Waals surface area contributed by atoms with E-state index in [1.165, 1.54) is 0 Å². The topological polar surface area (TPSA) is 64.6 Å². The molecule has 0 saturated heterocycles. The van der Waals surface area contributed by atoms with Gasteiger partial charge in [-0.05, 0) is 70.5 Å². The van der Waals surface area contributed by atoms with Crippen LogP contribution in [0.15, 0.2) is 42.5 Å². The van der Waals surface area contributed by atoms with Crippen molar-refractivity contribution in [3.8, 4) is 5.75 Å². The summed E-state index contributed by atoms with van der Waals surface area (Å²) >= 11 is 0. The molecular weight excluding hydrogens is 330 g/mol. The van der Waals surface area contributed by atoms with Crippen molar-refractivity contribution < 1.29 is 19.1 Å². The number of ether oxygens (including phenoxy) is 2. The zero-order valence-corrected chi connectivity index (χ0v) is 15.8. The van der Waals surface area contributed by atoms with Crippen molar-refractivity contribution in [3.63, 3.8) is 0 Å². The number of hydrogen-bond acceptors (Lipinski definition) is 4. The van der Waals surface area contributed by atoms with E-state index in [1.807, 2.05) is 32.0 Å². The summed E-state index contributed by atoms with van der Waals surface area (Å²) in [6.07, 6.45) is -0.905. The minimum atomic E-state index is -0.715. The van der Waals surface area contributed by atoms with Gasteiger partial charge < -0.3 is 14.8 Å². The van der Waals surface area contributed by atoms with E-state index in [1.54, 1.807) is 45.0 Å². The van der Waals surface area contributed by atoms with Crippen molar-refractivity contribution in [1.82, 2.24) is 0 Å². The van der Waals surface area contributed by atoms with Crippen LogP contribution in [0.25, 0.3) is 0 Å². The largest absolute Gasteiger partial charge is 0.479 e. The number of carbonyl (C=O) groups is 2. The summed E-state index contributed by atoms with van der Waals surface area (Å²) in [5.74, 6) is -0.117.